The molecule has 148 valence electrons. The molecule has 4 nitrogen and oxygen atoms in total. The number of aliphatic imine (C=N–C) groups is 1. The van der Waals surface area contributed by atoms with Crippen LogP contribution in [-0.4, -0.2) is 16.6 Å². The molecule has 1 aromatic carbocycles. The predicted octanol–water partition coefficient (Wildman–Crippen LogP) is 5.58. The topological polar surface area (TPSA) is 54.4 Å². The van der Waals surface area contributed by atoms with Gasteiger partial charge in [0.1, 0.15) is 4.88 Å². The number of carbonyl (C=O) groups excluding carboxylic acids is 1. The van der Waals surface area contributed by atoms with Crippen molar-refractivity contribution in [3.05, 3.63) is 75.4 Å². The molecule has 1 heterocycles. The maximum absolute atomic E-state index is 12.5. The fraction of sp³-hybridized carbons (Fsp3) is 0.348. The van der Waals surface area contributed by atoms with Crippen molar-refractivity contribution in [2.45, 2.75) is 53.5 Å². The van der Waals surface area contributed by atoms with Crippen LogP contribution in [0.1, 0.15) is 66.0 Å². The molecule has 1 aromatic heterocycles. The minimum absolute atomic E-state index is 0.0500. The van der Waals surface area contributed by atoms with Gasteiger partial charge in [-0.25, -0.2) is 4.98 Å². The second kappa shape index (κ2) is 9.11. The van der Waals surface area contributed by atoms with Crippen LogP contribution in [0.4, 0.5) is 0 Å². The summed E-state index contributed by atoms with van der Waals surface area (Å²) in [6.07, 6.45) is 5.60. The van der Waals surface area contributed by atoms with Crippen LogP contribution in [0.25, 0.3) is 0 Å². The van der Waals surface area contributed by atoms with Gasteiger partial charge in [-0.05, 0) is 44.0 Å². The molecule has 1 amide bonds. The first-order valence-corrected chi connectivity index (χ1v) is 10.1. The maximum Gasteiger partial charge on any atom is 0.263 e. The van der Waals surface area contributed by atoms with Gasteiger partial charge in [-0.15, -0.1) is 11.3 Å². The van der Waals surface area contributed by atoms with Gasteiger partial charge >= 0.3 is 0 Å². The standard InChI is InChI=1S/C23H29N3OS/c1-8-9-19(26-15(2)3)17-10-11-18(16(4)12-17)13-24-21(27)20-14-25-22(28-20)23(5,6)7/h8-12,14H,2,13H2,1,3-7H3,(H,24,27)/b9-8-,26-19?. The van der Waals surface area contributed by atoms with Crippen LogP contribution in [0.3, 0.4) is 0 Å². The predicted molar refractivity (Wildman–Crippen MR) is 119 cm³/mol. The van der Waals surface area contributed by atoms with Crippen LogP contribution in [-0.2, 0) is 12.0 Å². The summed E-state index contributed by atoms with van der Waals surface area (Å²) in [6.45, 7) is 16.5. The van der Waals surface area contributed by atoms with Crippen molar-refractivity contribution in [3.63, 3.8) is 0 Å². The van der Waals surface area contributed by atoms with Gasteiger partial charge < -0.3 is 5.32 Å². The second-order valence-electron chi connectivity index (χ2n) is 7.84. The van der Waals surface area contributed by atoms with Crippen LogP contribution in [0.15, 0.2) is 53.8 Å². The van der Waals surface area contributed by atoms with Gasteiger partial charge in [-0.2, -0.15) is 0 Å². The Kier molecular flexibility index (Phi) is 7.08. The number of rotatable bonds is 6. The number of nitrogens with zero attached hydrogens (tertiary/aromatic N) is 2. The van der Waals surface area contributed by atoms with Gasteiger partial charge in [0, 0.05) is 23.2 Å². The van der Waals surface area contributed by atoms with E-state index in [1.165, 1.54) is 11.3 Å². The number of hydrogen-bond donors (Lipinski definition) is 1. The van der Waals surface area contributed by atoms with Crippen LogP contribution < -0.4 is 5.32 Å². The zero-order chi connectivity index (χ0) is 20.9. The van der Waals surface area contributed by atoms with Gasteiger partial charge in [0.05, 0.1) is 16.9 Å². The Labute approximate surface area is 172 Å². The molecule has 0 unspecified atom stereocenters. The van der Waals surface area contributed by atoms with E-state index in [4.69, 9.17) is 0 Å². The summed E-state index contributed by atoms with van der Waals surface area (Å²) in [4.78, 5) is 22.0. The van der Waals surface area contributed by atoms with Crippen LogP contribution in [0.2, 0.25) is 0 Å². The molecule has 0 fully saturated rings. The summed E-state index contributed by atoms with van der Waals surface area (Å²) < 4.78 is 0. The van der Waals surface area contributed by atoms with Crippen molar-refractivity contribution >= 4 is 23.0 Å². The number of allylic oxidation sites excluding steroid dienone is 3. The van der Waals surface area contributed by atoms with Crippen molar-refractivity contribution in [1.82, 2.24) is 10.3 Å². The van der Waals surface area contributed by atoms with Crippen molar-refractivity contribution in [1.29, 1.82) is 0 Å². The minimum atomic E-state index is -0.0880. The third-order valence-corrected chi connectivity index (χ3v) is 5.51. The first-order valence-electron chi connectivity index (χ1n) is 9.33. The van der Waals surface area contributed by atoms with Gasteiger partial charge in [-0.3, -0.25) is 9.79 Å². The first kappa shape index (κ1) is 21.8. The molecule has 1 N–H and O–H groups in total. The molecule has 28 heavy (non-hydrogen) atoms. The lowest BCUT2D eigenvalue weighted by molar-refractivity contribution is 0.0954. The lowest BCUT2D eigenvalue weighted by Gasteiger charge is -2.13. The Balaban J connectivity index is 2.12. The summed E-state index contributed by atoms with van der Waals surface area (Å²) in [5, 5.41) is 3.96. The summed E-state index contributed by atoms with van der Waals surface area (Å²) in [5.74, 6) is -0.0880. The molecule has 0 aliphatic rings. The van der Waals surface area contributed by atoms with Crippen molar-refractivity contribution < 1.29 is 4.79 Å². The highest BCUT2D eigenvalue weighted by molar-refractivity contribution is 7.13. The molecule has 0 saturated carbocycles. The second-order valence-corrected chi connectivity index (χ2v) is 8.87. The smallest absolute Gasteiger partial charge is 0.263 e. The van der Waals surface area contributed by atoms with E-state index in [2.05, 4.69) is 48.7 Å². The van der Waals surface area contributed by atoms with Gasteiger partial charge in [0.15, 0.2) is 0 Å². The Bertz CT molecular complexity index is 930. The number of thiazole rings is 1. The van der Waals surface area contributed by atoms with Gasteiger partial charge in [0.25, 0.3) is 5.91 Å². The molecule has 2 aromatic rings. The number of benzene rings is 1. The van der Waals surface area contributed by atoms with E-state index < -0.39 is 0 Å². The van der Waals surface area contributed by atoms with E-state index in [9.17, 15) is 4.79 Å². The lowest BCUT2D eigenvalue weighted by atomic mass is 9.98. The molecular weight excluding hydrogens is 366 g/mol. The zero-order valence-corrected chi connectivity index (χ0v) is 18.4. The Morgan fingerprint density at radius 1 is 1.36 bits per heavy atom. The number of aryl methyl sites for hydroxylation is 1. The highest BCUT2D eigenvalue weighted by Crippen LogP contribution is 2.26. The van der Waals surface area contributed by atoms with E-state index in [1.54, 1.807) is 6.20 Å². The molecule has 0 bridgehead atoms. The van der Waals surface area contributed by atoms with E-state index in [0.717, 1.165) is 33.1 Å². The van der Waals surface area contributed by atoms with Crippen LogP contribution in [0.5, 0.6) is 0 Å². The Morgan fingerprint density at radius 2 is 2.07 bits per heavy atom. The summed E-state index contributed by atoms with van der Waals surface area (Å²) >= 11 is 1.45. The number of aromatic nitrogens is 1. The summed E-state index contributed by atoms with van der Waals surface area (Å²) in [5.41, 5.74) is 4.82. The van der Waals surface area contributed by atoms with E-state index >= 15 is 0 Å². The van der Waals surface area contributed by atoms with Gasteiger partial charge in [0.2, 0.25) is 0 Å². The maximum atomic E-state index is 12.5. The molecular formula is C23H29N3OS. The van der Waals surface area contributed by atoms with E-state index in [0.29, 0.717) is 11.4 Å². The average Bonchev–Trinajstić information content (AvgIpc) is 3.10. The van der Waals surface area contributed by atoms with Crippen LogP contribution >= 0.6 is 11.3 Å². The van der Waals surface area contributed by atoms with Crippen molar-refractivity contribution in [3.8, 4) is 0 Å². The fourth-order valence-electron chi connectivity index (χ4n) is 2.60. The highest BCUT2D eigenvalue weighted by atomic mass is 32.1. The Morgan fingerprint density at radius 3 is 2.61 bits per heavy atom. The number of nitrogens with one attached hydrogen (secondary N) is 1. The first-order chi connectivity index (χ1) is 13.1. The largest absolute Gasteiger partial charge is 0.347 e. The SMILES string of the molecule is C=C(C)N=C(/C=C\C)c1ccc(CNC(=O)c2cnc(C(C)(C)C)s2)c(C)c1. The monoisotopic (exact) mass is 395 g/mol. The lowest BCUT2D eigenvalue weighted by Crippen LogP contribution is -2.22. The normalized spacial score (nSPS) is 12.4. The highest BCUT2D eigenvalue weighted by Gasteiger charge is 2.20. The number of amides is 1. The minimum Gasteiger partial charge on any atom is -0.347 e. The van der Waals surface area contributed by atoms with Crippen molar-refractivity contribution in [2.24, 2.45) is 4.99 Å². The molecule has 0 radical (unpaired) electrons. The Hall–Kier alpha value is -2.53. The molecule has 2 rings (SSSR count). The average molecular weight is 396 g/mol. The number of carbonyl (C=O) groups is 1. The van der Waals surface area contributed by atoms with E-state index in [1.807, 2.05) is 45.1 Å². The molecule has 0 aliphatic carbocycles. The third-order valence-electron chi connectivity index (χ3n) is 4.08. The van der Waals surface area contributed by atoms with Gasteiger partial charge in [-0.1, -0.05) is 45.6 Å². The third kappa shape index (κ3) is 5.73. The quantitative estimate of drug-likeness (QED) is 0.649. The summed E-state index contributed by atoms with van der Waals surface area (Å²) in [6, 6.07) is 6.16. The molecule has 0 atom stereocenters. The van der Waals surface area contributed by atoms with Crippen molar-refractivity contribution in [2.75, 3.05) is 0 Å². The van der Waals surface area contributed by atoms with Crippen LogP contribution in [0, 0.1) is 6.92 Å². The zero-order valence-electron chi connectivity index (χ0n) is 17.6. The van der Waals surface area contributed by atoms with E-state index in [-0.39, 0.29) is 11.3 Å². The summed E-state index contributed by atoms with van der Waals surface area (Å²) in [7, 11) is 0. The molecule has 5 heteroatoms. The molecule has 0 aliphatic heterocycles. The fourth-order valence-corrected chi connectivity index (χ4v) is 3.49. The molecule has 0 spiro atoms. The molecule has 0 saturated heterocycles. The number of hydrogen-bond acceptors (Lipinski definition) is 4.